The maximum absolute atomic E-state index is 11.6. The van der Waals surface area contributed by atoms with Gasteiger partial charge in [-0.3, -0.25) is 0 Å². The van der Waals surface area contributed by atoms with Gasteiger partial charge in [0.1, 0.15) is 0 Å². The molecule has 1 N–H and O–H groups in total. The molecular formula is C14H21ClN2O2S. The first kappa shape index (κ1) is 15.6. The zero-order valence-corrected chi connectivity index (χ0v) is 13.5. The third kappa shape index (κ3) is 3.87. The van der Waals surface area contributed by atoms with Gasteiger partial charge in [0.05, 0.1) is 15.6 Å². The largest absolute Gasteiger partial charge is 0.381 e. The van der Waals surface area contributed by atoms with Crippen molar-refractivity contribution in [3.8, 4) is 0 Å². The van der Waals surface area contributed by atoms with Crippen LogP contribution in [0.2, 0.25) is 5.02 Å². The number of sulfone groups is 1. The van der Waals surface area contributed by atoms with E-state index in [1.807, 2.05) is 0 Å². The Balaban J connectivity index is 2.10. The minimum absolute atomic E-state index is 0.301. The monoisotopic (exact) mass is 316 g/mol. The first-order chi connectivity index (χ1) is 9.40. The number of hydrogen-bond donors (Lipinski definition) is 1. The molecule has 1 saturated heterocycles. The lowest BCUT2D eigenvalue weighted by molar-refractivity contribution is 0.229. The van der Waals surface area contributed by atoms with Crippen molar-refractivity contribution < 1.29 is 8.42 Å². The molecule has 1 aliphatic heterocycles. The Morgan fingerprint density at radius 1 is 1.35 bits per heavy atom. The van der Waals surface area contributed by atoms with Crippen LogP contribution >= 0.6 is 11.6 Å². The van der Waals surface area contributed by atoms with Crippen molar-refractivity contribution in [2.75, 3.05) is 31.2 Å². The molecule has 2 rings (SSSR count). The van der Waals surface area contributed by atoms with Gasteiger partial charge in [-0.2, -0.15) is 0 Å². The Kier molecular flexibility index (Phi) is 4.94. The number of nitrogens with zero attached hydrogens (tertiary/aromatic N) is 1. The number of likely N-dealkylation sites (tertiary alicyclic amines) is 1. The number of anilines is 1. The summed E-state index contributed by atoms with van der Waals surface area (Å²) in [5, 5.41) is 3.95. The van der Waals surface area contributed by atoms with Gasteiger partial charge in [0.2, 0.25) is 0 Å². The SMILES string of the molecule is CCN1CCC(Nc2cc(S(C)(=O)=O)ccc2Cl)CC1. The normalized spacial score (nSPS) is 18.1. The lowest BCUT2D eigenvalue weighted by atomic mass is 10.0. The minimum atomic E-state index is -3.20. The minimum Gasteiger partial charge on any atom is -0.381 e. The Labute approximate surface area is 126 Å². The van der Waals surface area contributed by atoms with Crippen LogP contribution in [0.5, 0.6) is 0 Å². The molecule has 0 bridgehead atoms. The molecule has 6 heteroatoms. The lowest BCUT2D eigenvalue weighted by Gasteiger charge is -2.32. The Morgan fingerprint density at radius 3 is 2.55 bits per heavy atom. The van der Waals surface area contributed by atoms with Crippen LogP contribution in [0.15, 0.2) is 23.1 Å². The Hall–Kier alpha value is -0.780. The van der Waals surface area contributed by atoms with Crippen molar-refractivity contribution in [3.05, 3.63) is 23.2 Å². The highest BCUT2D eigenvalue weighted by Gasteiger charge is 2.19. The molecule has 0 unspecified atom stereocenters. The zero-order chi connectivity index (χ0) is 14.8. The molecule has 1 heterocycles. The van der Waals surface area contributed by atoms with Crippen molar-refractivity contribution in [1.29, 1.82) is 0 Å². The van der Waals surface area contributed by atoms with E-state index in [1.54, 1.807) is 18.2 Å². The number of nitrogens with one attached hydrogen (secondary N) is 1. The van der Waals surface area contributed by atoms with E-state index in [9.17, 15) is 8.42 Å². The van der Waals surface area contributed by atoms with Gasteiger partial charge in [0.15, 0.2) is 9.84 Å². The Bertz CT molecular complexity index is 567. The summed E-state index contributed by atoms with van der Waals surface area (Å²) in [7, 11) is -3.20. The summed E-state index contributed by atoms with van der Waals surface area (Å²) in [6.07, 6.45) is 3.31. The molecule has 0 aromatic heterocycles. The van der Waals surface area contributed by atoms with Crippen molar-refractivity contribution in [1.82, 2.24) is 4.90 Å². The first-order valence-electron chi connectivity index (χ1n) is 6.88. The fourth-order valence-electron chi connectivity index (χ4n) is 2.46. The molecule has 1 aromatic carbocycles. The summed E-state index contributed by atoms with van der Waals surface area (Å²) in [5.74, 6) is 0. The van der Waals surface area contributed by atoms with E-state index < -0.39 is 9.84 Å². The summed E-state index contributed by atoms with van der Waals surface area (Å²) < 4.78 is 23.2. The van der Waals surface area contributed by atoms with Crippen LogP contribution in [0.4, 0.5) is 5.69 Å². The van der Waals surface area contributed by atoms with Gasteiger partial charge < -0.3 is 10.2 Å². The second-order valence-corrected chi connectivity index (χ2v) is 7.69. The molecule has 0 spiro atoms. The van der Waals surface area contributed by atoms with E-state index in [4.69, 9.17) is 11.6 Å². The maximum Gasteiger partial charge on any atom is 0.175 e. The van der Waals surface area contributed by atoms with Crippen LogP contribution < -0.4 is 5.32 Å². The van der Waals surface area contributed by atoms with Gasteiger partial charge in [-0.15, -0.1) is 0 Å². The molecule has 20 heavy (non-hydrogen) atoms. The zero-order valence-electron chi connectivity index (χ0n) is 11.9. The molecule has 112 valence electrons. The summed E-state index contributed by atoms with van der Waals surface area (Å²) in [6, 6.07) is 5.17. The Morgan fingerprint density at radius 2 is 2.00 bits per heavy atom. The number of benzene rings is 1. The van der Waals surface area contributed by atoms with Crippen molar-refractivity contribution >= 4 is 27.1 Å². The van der Waals surface area contributed by atoms with E-state index in [0.717, 1.165) is 32.5 Å². The van der Waals surface area contributed by atoms with Crippen LogP contribution in [0, 0.1) is 0 Å². The van der Waals surface area contributed by atoms with Crippen molar-refractivity contribution in [3.63, 3.8) is 0 Å². The van der Waals surface area contributed by atoms with E-state index in [-0.39, 0.29) is 0 Å². The van der Waals surface area contributed by atoms with Crippen molar-refractivity contribution in [2.24, 2.45) is 0 Å². The summed E-state index contributed by atoms with van der Waals surface area (Å²) in [5.41, 5.74) is 0.713. The van der Waals surface area contributed by atoms with Gasteiger partial charge in [-0.1, -0.05) is 18.5 Å². The lowest BCUT2D eigenvalue weighted by Crippen LogP contribution is -2.38. The van der Waals surface area contributed by atoms with E-state index in [1.165, 1.54) is 6.26 Å². The topological polar surface area (TPSA) is 49.4 Å². The van der Waals surface area contributed by atoms with E-state index in [2.05, 4.69) is 17.1 Å². The highest BCUT2D eigenvalue weighted by Crippen LogP contribution is 2.27. The molecular weight excluding hydrogens is 296 g/mol. The van der Waals surface area contributed by atoms with Crippen LogP contribution in [0.1, 0.15) is 19.8 Å². The molecule has 1 aliphatic rings. The second-order valence-electron chi connectivity index (χ2n) is 5.27. The van der Waals surface area contributed by atoms with Gasteiger partial charge >= 0.3 is 0 Å². The molecule has 0 amide bonds. The van der Waals surface area contributed by atoms with Crippen LogP contribution in [0.25, 0.3) is 0 Å². The average molecular weight is 317 g/mol. The van der Waals surface area contributed by atoms with Crippen LogP contribution in [-0.2, 0) is 9.84 Å². The number of halogens is 1. The van der Waals surface area contributed by atoms with Crippen molar-refractivity contribution in [2.45, 2.75) is 30.7 Å². The first-order valence-corrected chi connectivity index (χ1v) is 9.15. The fourth-order valence-corrected chi connectivity index (χ4v) is 3.28. The second kappa shape index (κ2) is 6.33. The maximum atomic E-state index is 11.6. The number of rotatable bonds is 4. The van der Waals surface area contributed by atoms with Gasteiger partial charge in [0.25, 0.3) is 0 Å². The van der Waals surface area contributed by atoms with E-state index in [0.29, 0.717) is 21.6 Å². The highest BCUT2D eigenvalue weighted by molar-refractivity contribution is 7.90. The number of piperidine rings is 1. The van der Waals surface area contributed by atoms with Crippen LogP contribution in [0.3, 0.4) is 0 Å². The number of hydrogen-bond acceptors (Lipinski definition) is 4. The molecule has 0 radical (unpaired) electrons. The average Bonchev–Trinajstić information content (AvgIpc) is 2.41. The van der Waals surface area contributed by atoms with E-state index >= 15 is 0 Å². The molecule has 1 aromatic rings. The summed E-state index contributed by atoms with van der Waals surface area (Å²) in [6.45, 7) is 5.38. The van der Waals surface area contributed by atoms with Gasteiger partial charge in [-0.05, 0) is 37.6 Å². The van der Waals surface area contributed by atoms with Gasteiger partial charge in [-0.25, -0.2) is 8.42 Å². The molecule has 4 nitrogen and oxygen atoms in total. The summed E-state index contributed by atoms with van der Waals surface area (Å²) in [4.78, 5) is 2.71. The quantitative estimate of drug-likeness (QED) is 0.927. The third-order valence-electron chi connectivity index (χ3n) is 3.76. The molecule has 0 atom stereocenters. The highest BCUT2D eigenvalue weighted by atomic mass is 35.5. The summed E-state index contributed by atoms with van der Waals surface area (Å²) >= 11 is 6.15. The molecule has 0 saturated carbocycles. The van der Waals surface area contributed by atoms with Crippen LogP contribution in [-0.4, -0.2) is 45.2 Å². The van der Waals surface area contributed by atoms with Gasteiger partial charge in [0, 0.05) is 25.4 Å². The fraction of sp³-hybridized carbons (Fsp3) is 0.571. The molecule has 0 aliphatic carbocycles. The standard InChI is InChI=1S/C14H21ClN2O2S/c1-3-17-8-6-11(7-9-17)16-14-10-12(20(2,18)19)4-5-13(14)15/h4-5,10-11,16H,3,6-9H2,1-2H3. The molecule has 1 fully saturated rings. The smallest absolute Gasteiger partial charge is 0.175 e. The predicted molar refractivity (Wildman–Crippen MR) is 83.3 cm³/mol. The predicted octanol–water partition coefficient (Wildman–Crippen LogP) is 2.64. The third-order valence-corrected chi connectivity index (χ3v) is 5.20.